The van der Waals surface area contributed by atoms with Crippen molar-refractivity contribution in [1.82, 2.24) is 4.90 Å². The Morgan fingerprint density at radius 1 is 1.22 bits per heavy atom. The minimum atomic E-state index is -4.12. The van der Waals surface area contributed by atoms with Gasteiger partial charge in [-0.15, -0.1) is 0 Å². The fourth-order valence-electron chi connectivity index (χ4n) is 3.77. The lowest BCUT2D eigenvalue weighted by atomic mass is 9.87. The summed E-state index contributed by atoms with van der Waals surface area (Å²) in [6.45, 7) is 2.46. The van der Waals surface area contributed by atoms with E-state index in [1.165, 1.54) is 20.9 Å². The minimum absolute atomic E-state index is 0.461. The van der Waals surface area contributed by atoms with Crippen LogP contribution in [0.5, 0.6) is 0 Å². The van der Waals surface area contributed by atoms with Crippen LogP contribution < -0.4 is 4.90 Å². The molecule has 2 heterocycles. The number of carbonyl (C=O) groups excluding carboxylic acids is 2. The van der Waals surface area contributed by atoms with Gasteiger partial charge in [0.15, 0.2) is 9.84 Å². The molecule has 4 atom stereocenters. The highest BCUT2D eigenvalue weighted by molar-refractivity contribution is 7.93. The number of hydrogen-bond acceptors (Lipinski definition) is 6. The number of aliphatic hydroxyl groups is 1. The van der Waals surface area contributed by atoms with Crippen molar-refractivity contribution < 1.29 is 33.0 Å². The van der Waals surface area contributed by atoms with Gasteiger partial charge < -0.3 is 20.0 Å². The second-order valence-corrected chi connectivity index (χ2v) is 9.85. The van der Waals surface area contributed by atoms with E-state index in [-0.39, 0.29) is 0 Å². The van der Waals surface area contributed by atoms with Gasteiger partial charge >= 0.3 is 5.97 Å². The van der Waals surface area contributed by atoms with Crippen LogP contribution in [0, 0.1) is 5.92 Å². The Kier molecular flexibility index (Phi) is 4.31. The maximum atomic E-state index is 12.8. The third kappa shape index (κ3) is 2.47. The molecule has 146 valence electrons. The van der Waals surface area contributed by atoms with E-state index in [1.54, 1.807) is 30.3 Å². The largest absolute Gasteiger partial charge is 0.480 e. The Morgan fingerprint density at radius 2 is 1.78 bits per heavy atom. The molecular weight excluding hydrogens is 376 g/mol. The zero-order valence-corrected chi connectivity index (χ0v) is 15.8. The van der Waals surface area contributed by atoms with Crippen molar-refractivity contribution in [3.8, 4) is 0 Å². The second-order valence-electron chi connectivity index (χ2n) is 7.23. The normalized spacial score (nSPS) is 28.8. The van der Waals surface area contributed by atoms with Gasteiger partial charge in [0.1, 0.15) is 23.4 Å². The van der Waals surface area contributed by atoms with Gasteiger partial charge in [0.05, 0.1) is 4.75 Å². The lowest BCUT2D eigenvalue weighted by Crippen LogP contribution is -2.68. The first-order valence-corrected chi connectivity index (χ1v) is 9.78. The summed E-state index contributed by atoms with van der Waals surface area (Å²) in [5.41, 5.74) is 0.461. The quantitative estimate of drug-likeness (QED) is 0.653. The molecule has 3 rings (SSSR count). The van der Waals surface area contributed by atoms with Gasteiger partial charge in [-0.1, -0.05) is 18.2 Å². The topological polar surface area (TPSA) is 132 Å². The summed E-state index contributed by atoms with van der Waals surface area (Å²) in [5.74, 6) is -4.67. The number of rotatable bonds is 4. The lowest BCUT2D eigenvalue weighted by Gasteiger charge is -2.44. The lowest BCUT2D eigenvalue weighted by molar-refractivity contribution is -0.170. The molecule has 10 heteroatoms. The Bertz CT molecular complexity index is 912. The van der Waals surface area contributed by atoms with E-state index in [2.05, 4.69) is 0 Å². The molecule has 2 N–H and O–H groups in total. The smallest absolute Gasteiger partial charge is 0.328 e. The number of carbonyl (C=O) groups is 3. The summed E-state index contributed by atoms with van der Waals surface area (Å²) in [6, 6.07) is 6.78. The number of aliphatic carboxylic acids is 1. The molecule has 2 saturated heterocycles. The minimum Gasteiger partial charge on any atom is -0.480 e. The molecular formula is C17H20N2O7S. The van der Waals surface area contributed by atoms with Gasteiger partial charge in [-0.3, -0.25) is 9.59 Å². The maximum absolute atomic E-state index is 12.8. The predicted molar refractivity (Wildman–Crippen MR) is 94.4 cm³/mol. The Morgan fingerprint density at radius 3 is 2.30 bits per heavy atom. The van der Waals surface area contributed by atoms with E-state index in [1.807, 2.05) is 0 Å². The zero-order chi connectivity index (χ0) is 20.3. The first-order chi connectivity index (χ1) is 12.4. The number of carboxylic acid groups (broad SMARTS) is 1. The molecule has 1 aromatic carbocycles. The summed E-state index contributed by atoms with van der Waals surface area (Å²) in [4.78, 5) is 38.5. The fourth-order valence-corrected chi connectivity index (χ4v) is 6.09. The average Bonchev–Trinajstić information content (AvgIpc) is 2.75. The molecule has 2 fully saturated rings. The number of amides is 2. The molecule has 0 aromatic heterocycles. The van der Waals surface area contributed by atoms with Gasteiger partial charge in [0.25, 0.3) is 5.91 Å². The SMILES string of the molecule is CN(C(=O)[C@@H](O)[C@@H]1C(=O)N2[C@@H](C(=O)O)C(C)(C)S(=O)(=O)[C@H]12)c1ccccc1. The number of fused-ring (bicyclic) bond motifs is 1. The van der Waals surface area contributed by atoms with Crippen LogP contribution in [0.15, 0.2) is 30.3 Å². The molecule has 9 nitrogen and oxygen atoms in total. The van der Waals surface area contributed by atoms with Crippen LogP contribution >= 0.6 is 0 Å². The number of carboxylic acids is 1. The molecule has 27 heavy (non-hydrogen) atoms. The van der Waals surface area contributed by atoms with E-state index in [9.17, 15) is 33.0 Å². The first kappa shape index (κ1) is 19.3. The monoisotopic (exact) mass is 396 g/mol. The van der Waals surface area contributed by atoms with E-state index in [0.29, 0.717) is 5.69 Å². The number of likely N-dealkylation sites (N-methyl/N-ethyl adjacent to an activating group) is 1. The van der Waals surface area contributed by atoms with Crippen LogP contribution in [0.2, 0.25) is 0 Å². The number of nitrogens with zero attached hydrogens (tertiary/aromatic N) is 2. The van der Waals surface area contributed by atoms with Crippen molar-refractivity contribution in [3.05, 3.63) is 30.3 Å². The predicted octanol–water partition coefficient (Wildman–Crippen LogP) is -0.545. The molecule has 2 amide bonds. The Labute approximate surface area is 156 Å². The molecule has 1 aromatic rings. The van der Waals surface area contributed by atoms with Crippen LogP contribution in [-0.2, 0) is 24.2 Å². The second kappa shape index (κ2) is 6.03. The Hall–Kier alpha value is -2.46. The summed E-state index contributed by atoms with van der Waals surface area (Å²) in [5, 5.41) is 18.3. The molecule has 2 aliphatic rings. The maximum Gasteiger partial charge on any atom is 0.328 e. The van der Waals surface area contributed by atoms with Crippen molar-refractivity contribution in [2.75, 3.05) is 11.9 Å². The summed E-state index contributed by atoms with van der Waals surface area (Å²) in [7, 11) is -2.72. The van der Waals surface area contributed by atoms with Crippen LogP contribution in [0.25, 0.3) is 0 Å². The van der Waals surface area contributed by atoms with Crippen LogP contribution in [0.1, 0.15) is 13.8 Å². The zero-order valence-electron chi connectivity index (χ0n) is 14.9. The number of aliphatic hydroxyl groups excluding tert-OH is 1. The van der Waals surface area contributed by atoms with Gasteiger partial charge in [0, 0.05) is 12.7 Å². The van der Waals surface area contributed by atoms with E-state index in [4.69, 9.17) is 0 Å². The number of sulfone groups is 1. The Balaban J connectivity index is 1.92. The molecule has 0 spiro atoms. The van der Waals surface area contributed by atoms with Crippen molar-refractivity contribution in [1.29, 1.82) is 0 Å². The van der Waals surface area contributed by atoms with Gasteiger partial charge in [-0.2, -0.15) is 0 Å². The first-order valence-electron chi connectivity index (χ1n) is 8.23. The number of benzene rings is 1. The van der Waals surface area contributed by atoms with Crippen molar-refractivity contribution in [2.45, 2.75) is 36.1 Å². The molecule has 0 aliphatic carbocycles. The van der Waals surface area contributed by atoms with Gasteiger partial charge in [-0.05, 0) is 26.0 Å². The third-order valence-corrected chi connectivity index (χ3v) is 8.26. The van der Waals surface area contributed by atoms with Gasteiger partial charge in [0.2, 0.25) is 5.91 Å². The van der Waals surface area contributed by atoms with Crippen LogP contribution in [0.3, 0.4) is 0 Å². The highest BCUT2D eigenvalue weighted by Gasteiger charge is 2.73. The van der Waals surface area contributed by atoms with Gasteiger partial charge in [-0.25, -0.2) is 13.2 Å². The molecule has 2 aliphatic heterocycles. The fraction of sp³-hybridized carbons (Fsp3) is 0.471. The number of hydrogen-bond donors (Lipinski definition) is 2. The standard InChI is InChI=1S/C17H20N2O7S/c1-17(2)12(16(23)24)19-13(21)10(15(19)27(17,25)26)11(20)14(22)18(3)9-7-5-4-6-8-9/h4-8,10-12,15,20H,1-3H3,(H,23,24)/t10-,11+,12+,15-/m1/s1. The van der Waals surface area contributed by atoms with E-state index >= 15 is 0 Å². The summed E-state index contributed by atoms with van der Waals surface area (Å²) in [6.07, 6.45) is -1.90. The van der Waals surface area contributed by atoms with Crippen LogP contribution in [0.4, 0.5) is 5.69 Å². The van der Waals surface area contributed by atoms with Crippen molar-refractivity contribution in [3.63, 3.8) is 0 Å². The van der Waals surface area contributed by atoms with Crippen molar-refractivity contribution >= 4 is 33.3 Å². The van der Waals surface area contributed by atoms with E-state index < -0.39 is 55.8 Å². The molecule has 0 radical (unpaired) electrons. The number of para-hydroxylation sites is 1. The highest BCUT2D eigenvalue weighted by Crippen LogP contribution is 2.49. The highest BCUT2D eigenvalue weighted by atomic mass is 32.2. The summed E-state index contributed by atoms with van der Waals surface area (Å²) < 4.78 is 23.9. The number of β-lactam (4-membered cyclic amide) rings is 1. The number of anilines is 1. The van der Waals surface area contributed by atoms with E-state index in [0.717, 1.165) is 9.80 Å². The molecule has 0 bridgehead atoms. The average molecular weight is 396 g/mol. The molecule has 0 unspecified atom stereocenters. The van der Waals surface area contributed by atoms with Crippen molar-refractivity contribution in [2.24, 2.45) is 5.92 Å². The van der Waals surface area contributed by atoms with Crippen LogP contribution in [-0.4, -0.2) is 70.6 Å². The molecule has 0 saturated carbocycles. The third-order valence-electron chi connectivity index (χ3n) is 5.41. The summed E-state index contributed by atoms with van der Waals surface area (Å²) >= 11 is 0.